The highest BCUT2D eigenvalue weighted by atomic mass is 16.5. The van der Waals surface area contributed by atoms with Gasteiger partial charge >= 0.3 is 0 Å². The molecule has 1 aliphatic heterocycles. The number of aromatic nitrogens is 2. The van der Waals surface area contributed by atoms with E-state index >= 15 is 0 Å². The first-order valence-electron chi connectivity index (χ1n) is 9.12. The standard InChI is InChI=1S/C20H28N4O2/c1-22-11-12-26-18(20(22)16-7-5-4-6-8-16)14-23(2)19(25)10-9-17-13-21-15-24(17)3/h4-8,13,15,18,20H,9-12,14H2,1-3H3/t18-,20-/m0/s1. The van der Waals surface area contributed by atoms with Gasteiger partial charge in [-0.25, -0.2) is 4.98 Å². The van der Waals surface area contributed by atoms with Gasteiger partial charge in [-0.05, 0) is 19.0 Å². The second-order valence-corrected chi connectivity index (χ2v) is 7.02. The molecular weight excluding hydrogens is 328 g/mol. The summed E-state index contributed by atoms with van der Waals surface area (Å²) in [5.41, 5.74) is 2.30. The Balaban J connectivity index is 1.61. The maximum absolute atomic E-state index is 12.6. The number of morpholine rings is 1. The molecular formula is C20H28N4O2. The van der Waals surface area contributed by atoms with Gasteiger partial charge in [-0.3, -0.25) is 9.69 Å². The molecule has 0 aliphatic carbocycles. The van der Waals surface area contributed by atoms with Crippen LogP contribution in [0.15, 0.2) is 42.9 Å². The van der Waals surface area contributed by atoms with Gasteiger partial charge in [0.25, 0.3) is 0 Å². The molecule has 1 aromatic heterocycles. The van der Waals surface area contributed by atoms with Gasteiger partial charge in [0.15, 0.2) is 0 Å². The molecule has 1 saturated heterocycles. The molecule has 2 atom stereocenters. The van der Waals surface area contributed by atoms with Crippen LogP contribution in [0.3, 0.4) is 0 Å². The molecule has 1 fully saturated rings. The molecule has 0 N–H and O–H groups in total. The number of likely N-dealkylation sites (N-methyl/N-ethyl adjacent to an activating group) is 2. The van der Waals surface area contributed by atoms with Crippen molar-refractivity contribution in [3.8, 4) is 0 Å². The third-order valence-corrected chi connectivity index (χ3v) is 5.14. The van der Waals surface area contributed by atoms with Gasteiger partial charge in [-0.1, -0.05) is 30.3 Å². The zero-order chi connectivity index (χ0) is 18.5. The van der Waals surface area contributed by atoms with Crippen LogP contribution in [0, 0.1) is 0 Å². The highest BCUT2D eigenvalue weighted by molar-refractivity contribution is 5.76. The van der Waals surface area contributed by atoms with Gasteiger partial charge in [-0.2, -0.15) is 0 Å². The van der Waals surface area contributed by atoms with Crippen molar-refractivity contribution in [2.75, 3.05) is 33.8 Å². The molecule has 0 saturated carbocycles. The number of hydrogen-bond acceptors (Lipinski definition) is 4. The Morgan fingerprint density at radius 2 is 2.08 bits per heavy atom. The number of carbonyl (C=O) groups excluding carboxylic acids is 1. The van der Waals surface area contributed by atoms with Crippen molar-refractivity contribution in [3.63, 3.8) is 0 Å². The Hall–Kier alpha value is -2.18. The quantitative estimate of drug-likeness (QED) is 0.793. The lowest BCUT2D eigenvalue weighted by molar-refractivity contribution is -0.134. The van der Waals surface area contributed by atoms with Crippen LogP contribution in [0.25, 0.3) is 0 Å². The fourth-order valence-corrected chi connectivity index (χ4v) is 3.56. The van der Waals surface area contributed by atoms with Gasteiger partial charge in [0.05, 0.1) is 25.1 Å². The van der Waals surface area contributed by atoms with Gasteiger partial charge in [0.2, 0.25) is 5.91 Å². The van der Waals surface area contributed by atoms with Crippen LogP contribution in [0.5, 0.6) is 0 Å². The van der Waals surface area contributed by atoms with Crippen LogP contribution in [-0.2, 0) is 23.0 Å². The summed E-state index contributed by atoms with van der Waals surface area (Å²) in [4.78, 5) is 20.8. The van der Waals surface area contributed by atoms with Crippen molar-refractivity contribution in [2.24, 2.45) is 7.05 Å². The number of imidazole rings is 1. The minimum absolute atomic E-state index is 0.0261. The van der Waals surface area contributed by atoms with E-state index in [0.717, 1.165) is 12.2 Å². The number of aryl methyl sites for hydroxylation is 2. The van der Waals surface area contributed by atoms with Gasteiger partial charge in [0.1, 0.15) is 0 Å². The summed E-state index contributed by atoms with van der Waals surface area (Å²) in [6, 6.07) is 10.6. The van der Waals surface area contributed by atoms with Crippen molar-refractivity contribution in [1.82, 2.24) is 19.4 Å². The highest BCUT2D eigenvalue weighted by Gasteiger charge is 2.32. The van der Waals surface area contributed by atoms with E-state index in [1.54, 1.807) is 11.2 Å². The SMILES string of the molecule is CN(C[C@@H]1OCCN(C)[C@H]1c1ccccc1)C(=O)CCc1cncn1C. The summed E-state index contributed by atoms with van der Waals surface area (Å²) >= 11 is 0. The molecule has 1 amide bonds. The second-order valence-electron chi connectivity index (χ2n) is 7.02. The lowest BCUT2D eigenvalue weighted by Crippen LogP contribution is -2.48. The molecule has 140 valence electrons. The third kappa shape index (κ3) is 4.31. The summed E-state index contributed by atoms with van der Waals surface area (Å²) in [5, 5.41) is 0. The molecule has 6 nitrogen and oxygen atoms in total. The molecule has 26 heavy (non-hydrogen) atoms. The molecule has 2 aromatic rings. The molecule has 0 spiro atoms. The number of hydrogen-bond donors (Lipinski definition) is 0. The van der Waals surface area contributed by atoms with E-state index in [1.165, 1.54) is 5.56 Å². The first kappa shape index (κ1) is 18.6. The molecule has 1 aliphatic rings. The van der Waals surface area contributed by atoms with Crippen LogP contribution >= 0.6 is 0 Å². The Bertz CT molecular complexity index is 716. The van der Waals surface area contributed by atoms with Crippen molar-refractivity contribution >= 4 is 5.91 Å². The summed E-state index contributed by atoms with van der Waals surface area (Å²) < 4.78 is 8.01. The molecule has 1 aromatic carbocycles. The molecule has 6 heteroatoms. The molecule has 0 radical (unpaired) electrons. The predicted molar refractivity (Wildman–Crippen MR) is 101 cm³/mol. The number of nitrogens with zero attached hydrogens (tertiary/aromatic N) is 4. The predicted octanol–water partition coefficient (Wildman–Crippen LogP) is 1.88. The maximum Gasteiger partial charge on any atom is 0.222 e. The summed E-state index contributed by atoms with van der Waals surface area (Å²) in [6.45, 7) is 2.18. The van der Waals surface area contributed by atoms with Crippen molar-refractivity contribution in [1.29, 1.82) is 0 Å². The zero-order valence-corrected chi connectivity index (χ0v) is 15.8. The smallest absolute Gasteiger partial charge is 0.222 e. The van der Waals surface area contributed by atoms with E-state index in [-0.39, 0.29) is 18.1 Å². The van der Waals surface area contributed by atoms with E-state index < -0.39 is 0 Å². The number of amides is 1. The fraction of sp³-hybridized carbons (Fsp3) is 0.500. The Morgan fingerprint density at radius 1 is 1.31 bits per heavy atom. The lowest BCUT2D eigenvalue weighted by Gasteiger charge is -2.40. The first-order chi connectivity index (χ1) is 12.6. The first-order valence-corrected chi connectivity index (χ1v) is 9.12. The Labute approximate surface area is 155 Å². The summed E-state index contributed by atoms with van der Waals surface area (Å²) in [6.07, 6.45) is 4.74. The topological polar surface area (TPSA) is 50.6 Å². The minimum atomic E-state index is -0.0261. The molecule has 0 bridgehead atoms. The minimum Gasteiger partial charge on any atom is -0.373 e. The normalized spacial score (nSPS) is 20.9. The number of carbonyl (C=O) groups is 1. The van der Waals surface area contributed by atoms with Gasteiger partial charge in [0, 0.05) is 45.5 Å². The van der Waals surface area contributed by atoms with Crippen LogP contribution in [0.2, 0.25) is 0 Å². The lowest BCUT2D eigenvalue weighted by atomic mass is 9.98. The second kappa shape index (κ2) is 8.47. The van der Waals surface area contributed by atoms with E-state index in [0.29, 0.717) is 26.0 Å². The molecule has 2 heterocycles. The van der Waals surface area contributed by atoms with Crippen LogP contribution in [0.1, 0.15) is 23.7 Å². The van der Waals surface area contributed by atoms with Gasteiger partial charge in [-0.15, -0.1) is 0 Å². The van der Waals surface area contributed by atoms with Crippen LogP contribution in [0.4, 0.5) is 0 Å². The van der Waals surface area contributed by atoms with E-state index in [1.807, 2.05) is 30.9 Å². The molecule has 3 rings (SSSR count). The van der Waals surface area contributed by atoms with Crippen LogP contribution in [-0.4, -0.2) is 65.2 Å². The van der Waals surface area contributed by atoms with E-state index in [4.69, 9.17) is 4.74 Å². The highest BCUT2D eigenvalue weighted by Crippen LogP contribution is 2.28. The van der Waals surface area contributed by atoms with Crippen molar-refractivity contribution in [3.05, 3.63) is 54.1 Å². The van der Waals surface area contributed by atoms with Gasteiger partial charge < -0.3 is 14.2 Å². The van der Waals surface area contributed by atoms with Crippen LogP contribution < -0.4 is 0 Å². The summed E-state index contributed by atoms with van der Waals surface area (Å²) in [5.74, 6) is 0.134. The number of rotatable bonds is 6. The third-order valence-electron chi connectivity index (χ3n) is 5.14. The molecule has 0 unspecified atom stereocenters. The monoisotopic (exact) mass is 356 g/mol. The zero-order valence-electron chi connectivity index (χ0n) is 15.8. The largest absolute Gasteiger partial charge is 0.373 e. The fourth-order valence-electron chi connectivity index (χ4n) is 3.56. The van der Waals surface area contributed by atoms with E-state index in [2.05, 4.69) is 41.2 Å². The van der Waals surface area contributed by atoms with Crippen molar-refractivity contribution in [2.45, 2.75) is 25.0 Å². The Kier molecular flexibility index (Phi) is 6.06. The average molecular weight is 356 g/mol. The van der Waals surface area contributed by atoms with Crippen molar-refractivity contribution < 1.29 is 9.53 Å². The Morgan fingerprint density at radius 3 is 2.77 bits per heavy atom. The summed E-state index contributed by atoms with van der Waals surface area (Å²) in [7, 11) is 5.94. The maximum atomic E-state index is 12.6. The van der Waals surface area contributed by atoms with E-state index in [9.17, 15) is 4.79 Å². The number of ether oxygens (including phenoxy) is 1. The number of benzene rings is 1. The average Bonchev–Trinajstić information content (AvgIpc) is 3.05.